The average molecular weight is 643 g/mol. The van der Waals surface area contributed by atoms with Crippen LogP contribution in [0.5, 0.6) is 0 Å². The van der Waals surface area contributed by atoms with E-state index in [-0.39, 0.29) is 52.4 Å². The van der Waals surface area contributed by atoms with Gasteiger partial charge in [-0.1, -0.05) is 23.2 Å². The van der Waals surface area contributed by atoms with Crippen LogP contribution in [0.15, 0.2) is 36.5 Å². The lowest BCUT2D eigenvalue weighted by molar-refractivity contribution is -0.147. The number of halogens is 7. The Morgan fingerprint density at radius 2 is 1.60 bits per heavy atom. The van der Waals surface area contributed by atoms with Gasteiger partial charge in [-0.15, -0.1) is 0 Å². The fraction of sp³-hybridized carbons (Fsp3) is 0.321. The molecule has 1 aliphatic rings. The number of aliphatic carboxylic acids is 1. The van der Waals surface area contributed by atoms with Crippen LogP contribution in [0.3, 0.4) is 0 Å². The number of benzene rings is 2. The van der Waals surface area contributed by atoms with E-state index in [1.54, 1.807) is 6.07 Å². The molecule has 0 radical (unpaired) electrons. The van der Waals surface area contributed by atoms with E-state index in [1.165, 1.54) is 0 Å². The third kappa shape index (κ3) is 7.14. The molecule has 0 spiro atoms. The molecule has 8 nitrogen and oxygen atoms in total. The quantitative estimate of drug-likeness (QED) is 0.216. The first-order valence-corrected chi connectivity index (χ1v) is 13.5. The molecule has 0 bridgehead atoms. The largest absolute Gasteiger partial charge is 0.481 e. The first-order chi connectivity index (χ1) is 20.2. The molecular weight excluding hydrogens is 622 g/mol. The number of aromatic nitrogens is 2. The summed E-state index contributed by atoms with van der Waals surface area (Å²) >= 11 is 12.3. The van der Waals surface area contributed by atoms with Crippen molar-refractivity contribution in [2.45, 2.75) is 44.4 Å². The number of carboxylic acid groups (broad SMARTS) is 1. The smallest absolute Gasteiger partial charge is 0.433 e. The van der Waals surface area contributed by atoms with Gasteiger partial charge < -0.3 is 10.0 Å². The number of nitriles is 1. The maximum Gasteiger partial charge on any atom is 0.433 e. The maximum absolute atomic E-state index is 14.4. The number of carboxylic acids is 1. The van der Waals surface area contributed by atoms with Gasteiger partial charge in [0.25, 0.3) is 5.91 Å². The lowest BCUT2D eigenvalue weighted by atomic mass is 9.86. The zero-order valence-electron chi connectivity index (χ0n) is 22.0. The van der Waals surface area contributed by atoms with Gasteiger partial charge in [0, 0.05) is 12.6 Å². The summed E-state index contributed by atoms with van der Waals surface area (Å²) < 4.78 is 71.8. The van der Waals surface area contributed by atoms with E-state index >= 15 is 0 Å². The molecule has 1 aliphatic carbocycles. The summed E-state index contributed by atoms with van der Waals surface area (Å²) in [6.07, 6.45) is -4.05. The van der Waals surface area contributed by atoms with E-state index in [9.17, 15) is 41.4 Å². The molecule has 2 aromatic carbocycles. The van der Waals surface area contributed by atoms with Crippen molar-refractivity contribution in [3.63, 3.8) is 0 Å². The molecule has 0 aliphatic heterocycles. The highest BCUT2D eigenvalue weighted by molar-refractivity contribution is 6.40. The Balaban J connectivity index is 1.74. The SMILES string of the molecule is N#Cc1cc(Cl)c(C(=O)CN(Cc2cc(F)cc(F)c2)C(=O)c2cnn(C3CCC(C(=O)O)CC3)c2C(F)(F)F)c(Cl)c1. The summed E-state index contributed by atoms with van der Waals surface area (Å²) in [6, 6.07) is 5.48. The number of Topliss-reactive ketones (excluding diaryl/α,β-unsaturated/α-hetero) is 1. The first kappa shape index (κ1) is 31.9. The van der Waals surface area contributed by atoms with Crippen molar-refractivity contribution in [1.82, 2.24) is 14.7 Å². The highest BCUT2D eigenvalue weighted by Crippen LogP contribution is 2.39. The maximum atomic E-state index is 14.4. The second-order valence-electron chi connectivity index (χ2n) is 9.98. The van der Waals surface area contributed by atoms with Gasteiger partial charge in [-0.05, 0) is 55.5 Å². The first-order valence-electron chi connectivity index (χ1n) is 12.7. The van der Waals surface area contributed by atoms with Crippen LogP contribution < -0.4 is 0 Å². The minimum Gasteiger partial charge on any atom is -0.481 e. The number of carbonyl (C=O) groups is 3. The van der Waals surface area contributed by atoms with Crippen LogP contribution in [0, 0.1) is 28.9 Å². The van der Waals surface area contributed by atoms with Gasteiger partial charge in [-0.3, -0.25) is 19.1 Å². The van der Waals surface area contributed by atoms with Gasteiger partial charge >= 0.3 is 12.1 Å². The molecule has 1 saturated carbocycles. The Bertz CT molecular complexity index is 1580. The van der Waals surface area contributed by atoms with Crippen molar-refractivity contribution in [2.75, 3.05) is 6.54 Å². The minimum absolute atomic E-state index is 0.0225. The van der Waals surface area contributed by atoms with E-state index in [2.05, 4.69) is 5.10 Å². The Morgan fingerprint density at radius 1 is 1.02 bits per heavy atom. The minimum atomic E-state index is -5.09. The van der Waals surface area contributed by atoms with E-state index in [4.69, 9.17) is 28.5 Å². The van der Waals surface area contributed by atoms with Crippen LogP contribution >= 0.6 is 23.2 Å². The van der Waals surface area contributed by atoms with Gasteiger partial charge in [0.2, 0.25) is 0 Å². The van der Waals surface area contributed by atoms with E-state index in [0.717, 1.165) is 24.3 Å². The summed E-state index contributed by atoms with van der Waals surface area (Å²) in [5, 5.41) is 21.7. The fourth-order valence-corrected chi connectivity index (χ4v) is 5.79. The highest BCUT2D eigenvalue weighted by Gasteiger charge is 2.43. The van der Waals surface area contributed by atoms with Gasteiger partial charge in [0.1, 0.15) is 11.6 Å². The van der Waals surface area contributed by atoms with Crippen molar-refractivity contribution in [3.05, 3.63) is 86.2 Å². The molecule has 1 fully saturated rings. The molecule has 226 valence electrons. The van der Waals surface area contributed by atoms with Crippen LogP contribution in [-0.4, -0.2) is 44.0 Å². The number of ketones is 1. The molecule has 0 atom stereocenters. The lowest BCUT2D eigenvalue weighted by Crippen LogP contribution is -2.37. The second-order valence-corrected chi connectivity index (χ2v) is 10.8. The number of carbonyl (C=O) groups excluding carboxylic acids is 2. The molecule has 1 aromatic heterocycles. The van der Waals surface area contributed by atoms with Crippen LogP contribution in [0.1, 0.15) is 69.3 Å². The van der Waals surface area contributed by atoms with Crippen LogP contribution in [0.25, 0.3) is 0 Å². The molecule has 0 saturated heterocycles. The summed E-state index contributed by atoms with van der Waals surface area (Å²) in [7, 11) is 0. The summed E-state index contributed by atoms with van der Waals surface area (Å²) in [5.41, 5.74) is -2.78. The Labute approximate surface area is 251 Å². The van der Waals surface area contributed by atoms with Crippen molar-refractivity contribution in [2.24, 2.45) is 5.92 Å². The predicted molar refractivity (Wildman–Crippen MR) is 142 cm³/mol. The topological polar surface area (TPSA) is 116 Å². The molecule has 0 unspecified atom stereocenters. The number of rotatable bonds is 8. The van der Waals surface area contributed by atoms with E-state index < -0.39 is 71.8 Å². The average Bonchev–Trinajstić information content (AvgIpc) is 3.37. The zero-order chi connectivity index (χ0) is 31.6. The zero-order valence-corrected chi connectivity index (χ0v) is 23.5. The number of nitrogens with zero attached hydrogens (tertiary/aromatic N) is 4. The molecule has 4 rings (SSSR count). The second kappa shape index (κ2) is 12.7. The molecule has 1 heterocycles. The monoisotopic (exact) mass is 642 g/mol. The highest BCUT2D eigenvalue weighted by atomic mass is 35.5. The summed E-state index contributed by atoms with van der Waals surface area (Å²) in [4.78, 5) is 38.9. The summed E-state index contributed by atoms with van der Waals surface area (Å²) in [5.74, 6) is -6.05. The Kier molecular flexibility index (Phi) is 9.41. The molecule has 3 aromatic rings. The normalized spacial score (nSPS) is 16.9. The molecule has 1 amide bonds. The standard InChI is InChI=1S/C28H21Cl2F5N4O4/c29-21-7-14(10-36)8-22(30)24(21)23(40)13-38(12-15-5-17(31)9-18(32)6-15)26(41)20-11-37-39(25(20)28(33,34)35)19-3-1-16(2-4-19)27(42)43/h5-9,11,16,19H,1-4,12-13H2,(H,42,43). The summed E-state index contributed by atoms with van der Waals surface area (Å²) in [6.45, 7) is -1.59. The molecular formula is C28H21Cl2F5N4O4. The predicted octanol–water partition coefficient (Wildman–Crippen LogP) is 6.70. The van der Waals surface area contributed by atoms with Crippen molar-refractivity contribution >= 4 is 40.9 Å². The van der Waals surface area contributed by atoms with Crippen LogP contribution in [0.2, 0.25) is 10.0 Å². The molecule has 43 heavy (non-hydrogen) atoms. The van der Waals surface area contributed by atoms with Gasteiger partial charge in [-0.25, -0.2) is 8.78 Å². The Morgan fingerprint density at radius 3 is 2.12 bits per heavy atom. The number of amides is 1. The van der Waals surface area contributed by atoms with Crippen molar-refractivity contribution < 1.29 is 41.4 Å². The van der Waals surface area contributed by atoms with E-state index in [1.807, 2.05) is 0 Å². The van der Waals surface area contributed by atoms with E-state index in [0.29, 0.717) is 21.8 Å². The fourth-order valence-electron chi connectivity index (χ4n) is 5.09. The molecule has 15 heteroatoms. The van der Waals surface area contributed by atoms with Gasteiger partial charge in [0.05, 0.1) is 57.5 Å². The van der Waals surface area contributed by atoms with Crippen molar-refractivity contribution in [1.29, 1.82) is 5.26 Å². The number of alkyl halides is 3. The van der Waals surface area contributed by atoms with Gasteiger partial charge in [0.15, 0.2) is 11.5 Å². The van der Waals surface area contributed by atoms with Crippen molar-refractivity contribution in [3.8, 4) is 6.07 Å². The lowest BCUT2D eigenvalue weighted by Gasteiger charge is -2.28. The number of hydrogen-bond donors (Lipinski definition) is 1. The number of hydrogen-bond acceptors (Lipinski definition) is 5. The molecule has 1 N–H and O–H groups in total. The Hall–Kier alpha value is -4.02. The van der Waals surface area contributed by atoms with Crippen LogP contribution in [0.4, 0.5) is 22.0 Å². The third-order valence-corrected chi connectivity index (χ3v) is 7.65. The van der Waals surface area contributed by atoms with Crippen LogP contribution in [-0.2, 0) is 17.5 Å². The van der Waals surface area contributed by atoms with Gasteiger partial charge in [-0.2, -0.15) is 23.5 Å². The third-order valence-electron chi connectivity index (χ3n) is 7.05.